The maximum Gasteiger partial charge on any atom is 0.333 e. The summed E-state index contributed by atoms with van der Waals surface area (Å²) >= 11 is 0. The Morgan fingerprint density at radius 1 is 1.26 bits per heavy atom. The molecule has 0 unspecified atom stereocenters. The molecular formula is C15H21NO3. The van der Waals surface area contributed by atoms with Gasteiger partial charge in [0, 0.05) is 5.57 Å². The molecule has 1 N–H and O–H groups in total. The fourth-order valence-electron chi connectivity index (χ4n) is 1.37. The van der Waals surface area contributed by atoms with Gasteiger partial charge in [-0.25, -0.2) is 4.79 Å². The van der Waals surface area contributed by atoms with Crippen LogP contribution in [0.25, 0.3) is 0 Å². The van der Waals surface area contributed by atoms with E-state index < -0.39 is 5.97 Å². The lowest BCUT2D eigenvalue weighted by Crippen LogP contribution is -2.13. The van der Waals surface area contributed by atoms with Crippen molar-refractivity contribution < 1.29 is 14.4 Å². The van der Waals surface area contributed by atoms with Crippen molar-refractivity contribution in [2.24, 2.45) is 0 Å². The van der Waals surface area contributed by atoms with E-state index in [1.54, 1.807) is 6.92 Å². The predicted molar refractivity (Wildman–Crippen MR) is 75.9 cm³/mol. The molecule has 4 heteroatoms. The van der Waals surface area contributed by atoms with Gasteiger partial charge in [-0.1, -0.05) is 32.6 Å². The summed E-state index contributed by atoms with van der Waals surface area (Å²) in [5.74, 6) is 0.112. The Balaban J connectivity index is 2.22. The van der Waals surface area contributed by atoms with E-state index in [0.29, 0.717) is 11.5 Å². The maximum absolute atomic E-state index is 11.1. The minimum Gasteiger partial charge on any atom is -0.460 e. The van der Waals surface area contributed by atoms with Crippen LogP contribution in [0, 0.1) is 0 Å². The van der Waals surface area contributed by atoms with Gasteiger partial charge in [-0.05, 0) is 30.5 Å². The lowest BCUT2D eigenvalue weighted by atomic mass is 10.0. The summed E-state index contributed by atoms with van der Waals surface area (Å²) in [7, 11) is 0. The number of ether oxygens (including phenoxy) is 1. The van der Waals surface area contributed by atoms with E-state index in [1.165, 1.54) is 5.56 Å². The van der Waals surface area contributed by atoms with Crippen LogP contribution in [-0.2, 0) is 14.4 Å². The van der Waals surface area contributed by atoms with Gasteiger partial charge in [0.2, 0.25) is 0 Å². The van der Waals surface area contributed by atoms with Crippen LogP contribution >= 0.6 is 0 Å². The van der Waals surface area contributed by atoms with Gasteiger partial charge in [0.05, 0.1) is 5.69 Å². The third-order valence-corrected chi connectivity index (χ3v) is 2.53. The normalized spacial score (nSPS) is 10.3. The van der Waals surface area contributed by atoms with Crippen LogP contribution in [0.4, 0.5) is 5.69 Å². The Hall–Kier alpha value is -1.81. The first-order valence-electron chi connectivity index (χ1n) is 6.31. The molecule has 0 fully saturated rings. The fourth-order valence-corrected chi connectivity index (χ4v) is 1.37. The number of anilines is 1. The highest BCUT2D eigenvalue weighted by Gasteiger charge is 2.02. The molecule has 1 rings (SSSR count). The molecule has 0 amide bonds. The monoisotopic (exact) mass is 263 g/mol. The molecule has 0 heterocycles. The van der Waals surface area contributed by atoms with Gasteiger partial charge >= 0.3 is 5.97 Å². The van der Waals surface area contributed by atoms with Gasteiger partial charge in [0.15, 0.2) is 0 Å². The van der Waals surface area contributed by atoms with E-state index in [9.17, 15) is 4.79 Å². The number of carbonyl (C=O) groups is 1. The molecule has 0 bridgehead atoms. The Kier molecular flexibility index (Phi) is 6.09. The SMILES string of the molecule is C=C(C)C(=O)OCCONc1ccc(C(C)C)cc1. The van der Waals surface area contributed by atoms with Crippen molar-refractivity contribution in [2.45, 2.75) is 26.7 Å². The Morgan fingerprint density at radius 2 is 1.89 bits per heavy atom. The first-order chi connectivity index (χ1) is 9.00. The molecular weight excluding hydrogens is 242 g/mol. The summed E-state index contributed by atoms with van der Waals surface area (Å²) in [4.78, 5) is 16.3. The average molecular weight is 263 g/mol. The number of esters is 1. The summed E-state index contributed by atoms with van der Waals surface area (Å²) < 4.78 is 4.89. The van der Waals surface area contributed by atoms with E-state index >= 15 is 0 Å². The zero-order valence-electron chi connectivity index (χ0n) is 11.7. The molecule has 0 saturated heterocycles. The summed E-state index contributed by atoms with van der Waals surface area (Å²) in [5, 5.41) is 0. The quantitative estimate of drug-likeness (QED) is 0.355. The standard InChI is InChI=1S/C15H21NO3/c1-11(2)13-5-7-14(8-6-13)16-19-10-9-18-15(17)12(3)4/h5-8,11,16H,3,9-10H2,1-2,4H3. The summed E-state index contributed by atoms with van der Waals surface area (Å²) in [6.45, 7) is 9.88. The molecule has 0 saturated carbocycles. The number of hydrogen-bond acceptors (Lipinski definition) is 4. The predicted octanol–water partition coefficient (Wildman–Crippen LogP) is 3.27. The van der Waals surface area contributed by atoms with Crippen LogP contribution in [0.2, 0.25) is 0 Å². The fraction of sp³-hybridized carbons (Fsp3) is 0.400. The summed E-state index contributed by atoms with van der Waals surface area (Å²) in [5.41, 5.74) is 5.34. The molecule has 0 aliphatic carbocycles. The Labute approximate surface area is 114 Å². The van der Waals surface area contributed by atoms with Crippen LogP contribution in [0.3, 0.4) is 0 Å². The van der Waals surface area contributed by atoms with Crippen LogP contribution in [0.5, 0.6) is 0 Å². The molecule has 0 atom stereocenters. The van der Waals surface area contributed by atoms with Crippen molar-refractivity contribution >= 4 is 11.7 Å². The number of hydrogen-bond donors (Lipinski definition) is 1. The Morgan fingerprint density at radius 3 is 2.42 bits per heavy atom. The highest BCUT2D eigenvalue weighted by molar-refractivity contribution is 5.86. The van der Waals surface area contributed by atoms with Crippen molar-refractivity contribution in [3.63, 3.8) is 0 Å². The van der Waals surface area contributed by atoms with E-state index in [2.05, 4.69) is 38.0 Å². The molecule has 0 aliphatic rings. The number of benzene rings is 1. The largest absolute Gasteiger partial charge is 0.460 e. The molecule has 0 spiro atoms. The zero-order valence-corrected chi connectivity index (χ0v) is 11.7. The molecule has 0 radical (unpaired) electrons. The van der Waals surface area contributed by atoms with Crippen molar-refractivity contribution in [1.82, 2.24) is 0 Å². The van der Waals surface area contributed by atoms with Crippen molar-refractivity contribution in [2.75, 3.05) is 18.7 Å². The minimum absolute atomic E-state index is 0.197. The average Bonchev–Trinajstić information content (AvgIpc) is 2.38. The topological polar surface area (TPSA) is 47.6 Å². The van der Waals surface area contributed by atoms with Crippen LogP contribution < -0.4 is 5.48 Å². The lowest BCUT2D eigenvalue weighted by Gasteiger charge is -2.09. The van der Waals surface area contributed by atoms with Gasteiger partial charge in [-0.2, -0.15) is 0 Å². The van der Waals surface area contributed by atoms with Crippen molar-refractivity contribution in [3.05, 3.63) is 42.0 Å². The molecule has 19 heavy (non-hydrogen) atoms. The number of nitrogens with one attached hydrogen (secondary N) is 1. The number of carbonyl (C=O) groups excluding carboxylic acids is 1. The minimum atomic E-state index is -0.398. The second kappa shape index (κ2) is 7.59. The second-order valence-corrected chi connectivity index (χ2v) is 4.64. The van der Waals surface area contributed by atoms with E-state index in [1.807, 2.05) is 12.1 Å². The summed E-state index contributed by atoms with van der Waals surface area (Å²) in [6, 6.07) is 8.01. The van der Waals surface area contributed by atoms with Crippen LogP contribution in [0.15, 0.2) is 36.4 Å². The van der Waals surface area contributed by atoms with Crippen molar-refractivity contribution in [3.8, 4) is 0 Å². The van der Waals surface area contributed by atoms with Crippen LogP contribution in [-0.4, -0.2) is 19.2 Å². The third kappa shape index (κ3) is 5.57. The van der Waals surface area contributed by atoms with Gasteiger partial charge in [0.25, 0.3) is 0 Å². The lowest BCUT2D eigenvalue weighted by molar-refractivity contribution is -0.140. The molecule has 1 aromatic rings. The highest BCUT2D eigenvalue weighted by Crippen LogP contribution is 2.16. The third-order valence-electron chi connectivity index (χ3n) is 2.53. The highest BCUT2D eigenvalue weighted by atomic mass is 16.7. The molecule has 4 nitrogen and oxygen atoms in total. The van der Waals surface area contributed by atoms with Gasteiger partial charge < -0.3 is 4.74 Å². The van der Waals surface area contributed by atoms with Gasteiger partial charge in [-0.3, -0.25) is 10.3 Å². The molecule has 1 aromatic carbocycles. The van der Waals surface area contributed by atoms with Crippen LogP contribution in [0.1, 0.15) is 32.3 Å². The van der Waals surface area contributed by atoms with Crippen molar-refractivity contribution in [1.29, 1.82) is 0 Å². The second-order valence-electron chi connectivity index (χ2n) is 4.64. The Bertz CT molecular complexity index is 424. The first kappa shape index (κ1) is 15.2. The molecule has 104 valence electrons. The zero-order chi connectivity index (χ0) is 14.3. The van der Waals surface area contributed by atoms with E-state index in [4.69, 9.17) is 9.57 Å². The molecule has 0 aromatic heterocycles. The number of rotatable bonds is 7. The molecule has 0 aliphatic heterocycles. The maximum atomic E-state index is 11.1. The van der Waals surface area contributed by atoms with E-state index in [0.717, 1.165) is 5.69 Å². The van der Waals surface area contributed by atoms with Gasteiger partial charge in [-0.15, -0.1) is 0 Å². The van der Waals surface area contributed by atoms with E-state index in [-0.39, 0.29) is 13.2 Å². The van der Waals surface area contributed by atoms with Gasteiger partial charge in [0.1, 0.15) is 13.2 Å². The summed E-state index contributed by atoms with van der Waals surface area (Å²) in [6.07, 6.45) is 0. The smallest absolute Gasteiger partial charge is 0.333 e. The first-order valence-corrected chi connectivity index (χ1v) is 6.31.